The van der Waals surface area contributed by atoms with E-state index in [0.717, 1.165) is 20.9 Å². The highest BCUT2D eigenvalue weighted by molar-refractivity contribution is 9.10. The predicted octanol–water partition coefficient (Wildman–Crippen LogP) is 2.37. The average molecular weight is 298 g/mol. The van der Waals surface area contributed by atoms with Crippen LogP contribution in [0.1, 0.15) is 12.0 Å². The van der Waals surface area contributed by atoms with E-state index in [1.807, 2.05) is 22.8 Å². The Morgan fingerprint density at radius 1 is 1.41 bits per heavy atom. The van der Waals surface area contributed by atoms with E-state index in [0.29, 0.717) is 6.54 Å². The van der Waals surface area contributed by atoms with Gasteiger partial charge in [0.05, 0.1) is 18.5 Å². The van der Waals surface area contributed by atoms with Crippen LogP contribution >= 0.6 is 15.9 Å². The Morgan fingerprint density at radius 3 is 2.82 bits per heavy atom. The summed E-state index contributed by atoms with van der Waals surface area (Å²) in [6.45, 7) is 0.349. The molecule has 2 rings (SSSR count). The van der Waals surface area contributed by atoms with E-state index in [4.69, 9.17) is 5.11 Å². The molecule has 0 aliphatic carbocycles. The van der Waals surface area contributed by atoms with Gasteiger partial charge in [0.15, 0.2) is 0 Å². The predicted molar refractivity (Wildman–Crippen MR) is 67.8 cm³/mol. The van der Waals surface area contributed by atoms with Crippen LogP contribution in [0.4, 0.5) is 0 Å². The molecule has 0 spiro atoms. The number of nitrogens with zero attached hydrogens (tertiary/aromatic N) is 1. The first-order chi connectivity index (χ1) is 8.13. The number of rotatable bonds is 4. The number of aliphatic hydroxyl groups excluding tert-OH is 1. The third kappa shape index (κ3) is 2.35. The number of aliphatic hydroxyl groups is 1. The molecular weight excluding hydrogens is 286 g/mol. The maximum atomic E-state index is 10.6. The Bertz CT molecular complexity index is 562. The lowest BCUT2D eigenvalue weighted by Gasteiger charge is -2.04. The van der Waals surface area contributed by atoms with Crippen molar-refractivity contribution < 1.29 is 15.0 Å². The molecule has 1 aromatic heterocycles. The molecule has 4 nitrogen and oxygen atoms in total. The highest BCUT2D eigenvalue weighted by atomic mass is 79.9. The minimum absolute atomic E-state index is 0.0486. The summed E-state index contributed by atoms with van der Waals surface area (Å²) in [5.74, 6) is -0.829. The van der Waals surface area contributed by atoms with E-state index in [1.165, 1.54) is 0 Å². The SMILES string of the molecule is O=C(O)CCn1cc(CO)c2cccc(Br)c21. The van der Waals surface area contributed by atoms with E-state index in [2.05, 4.69) is 15.9 Å². The molecule has 0 aliphatic rings. The second-order valence-electron chi connectivity index (χ2n) is 3.79. The fourth-order valence-corrected chi connectivity index (χ4v) is 2.50. The minimum Gasteiger partial charge on any atom is -0.481 e. The van der Waals surface area contributed by atoms with Gasteiger partial charge >= 0.3 is 5.97 Å². The van der Waals surface area contributed by atoms with Gasteiger partial charge in [0.1, 0.15) is 0 Å². The highest BCUT2D eigenvalue weighted by Crippen LogP contribution is 2.28. The number of fused-ring (bicyclic) bond motifs is 1. The van der Waals surface area contributed by atoms with Crippen LogP contribution in [0.2, 0.25) is 0 Å². The first-order valence-corrected chi connectivity index (χ1v) is 6.01. The van der Waals surface area contributed by atoms with Crippen LogP contribution in [0.25, 0.3) is 10.9 Å². The first kappa shape index (κ1) is 12.1. The minimum atomic E-state index is -0.829. The number of benzene rings is 1. The summed E-state index contributed by atoms with van der Waals surface area (Å²) >= 11 is 3.45. The lowest BCUT2D eigenvalue weighted by molar-refractivity contribution is -0.137. The van der Waals surface area contributed by atoms with E-state index < -0.39 is 5.97 Å². The van der Waals surface area contributed by atoms with Gasteiger partial charge in [0.2, 0.25) is 0 Å². The molecule has 0 saturated heterocycles. The number of carboxylic acid groups (broad SMARTS) is 1. The van der Waals surface area contributed by atoms with Crippen molar-refractivity contribution in [1.29, 1.82) is 0 Å². The number of halogens is 1. The number of carboxylic acids is 1. The van der Waals surface area contributed by atoms with Crippen molar-refractivity contribution >= 4 is 32.8 Å². The van der Waals surface area contributed by atoms with E-state index >= 15 is 0 Å². The van der Waals surface area contributed by atoms with Crippen LogP contribution < -0.4 is 0 Å². The summed E-state index contributed by atoms with van der Waals surface area (Å²) in [6.07, 6.45) is 1.87. The van der Waals surface area contributed by atoms with E-state index in [-0.39, 0.29) is 13.0 Å². The topological polar surface area (TPSA) is 62.5 Å². The first-order valence-electron chi connectivity index (χ1n) is 5.22. The standard InChI is InChI=1S/C12H12BrNO3/c13-10-3-1-2-9-8(7-15)6-14(12(9)10)5-4-11(16)17/h1-3,6,15H,4-5,7H2,(H,16,17). The van der Waals surface area contributed by atoms with Crippen molar-refractivity contribution in [2.24, 2.45) is 0 Å². The zero-order valence-corrected chi connectivity index (χ0v) is 10.6. The molecule has 17 heavy (non-hydrogen) atoms. The largest absolute Gasteiger partial charge is 0.481 e. The summed E-state index contributed by atoms with van der Waals surface area (Å²) < 4.78 is 2.76. The Balaban J connectivity index is 2.51. The molecule has 2 aromatic rings. The molecule has 90 valence electrons. The molecule has 5 heteroatoms. The van der Waals surface area contributed by atoms with Gasteiger partial charge in [-0.3, -0.25) is 4.79 Å². The van der Waals surface area contributed by atoms with E-state index in [9.17, 15) is 9.90 Å². The molecule has 0 unspecified atom stereocenters. The van der Waals surface area contributed by atoms with Crippen LogP contribution in [0.3, 0.4) is 0 Å². The molecule has 1 heterocycles. The summed E-state index contributed by atoms with van der Waals surface area (Å²) in [6, 6.07) is 5.72. The van der Waals surface area contributed by atoms with Gasteiger partial charge in [0.25, 0.3) is 0 Å². The van der Waals surface area contributed by atoms with Crippen molar-refractivity contribution in [1.82, 2.24) is 4.57 Å². The number of aromatic nitrogens is 1. The smallest absolute Gasteiger partial charge is 0.305 e. The quantitative estimate of drug-likeness (QED) is 0.911. The second kappa shape index (κ2) is 4.89. The molecular formula is C12H12BrNO3. The van der Waals surface area contributed by atoms with Gasteiger partial charge in [-0.25, -0.2) is 0 Å². The van der Waals surface area contributed by atoms with Gasteiger partial charge in [-0.05, 0) is 22.0 Å². The number of hydrogen-bond acceptors (Lipinski definition) is 2. The summed E-state index contributed by atoms with van der Waals surface area (Å²) in [5.41, 5.74) is 1.74. The van der Waals surface area contributed by atoms with Crippen LogP contribution in [-0.2, 0) is 17.9 Å². The second-order valence-corrected chi connectivity index (χ2v) is 4.64. The molecule has 0 atom stereocenters. The molecule has 2 N–H and O–H groups in total. The molecule has 0 aliphatic heterocycles. The van der Waals surface area contributed by atoms with Crippen molar-refractivity contribution in [2.75, 3.05) is 0 Å². The van der Waals surface area contributed by atoms with Gasteiger partial charge < -0.3 is 14.8 Å². The number of aryl methyl sites for hydroxylation is 1. The zero-order chi connectivity index (χ0) is 12.4. The van der Waals surface area contributed by atoms with Gasteiger partial charge in [-0.1, -0.05) is 12.1 Å². The lowest BCUT2D eigenvalue weighted by atomic mass is 10.2. The molecule has 0 amide bonds. The Kier molecular flexibility index (Phi) is 3.49. The lowest BCUT2D eigenvalue weighted by Crippen LogP contribution is -2.03. The van der Waals surface area contributed by atoms with Gasteiger partial charge in [-0.2, -0.15) is 0 Å². The zero-order valence-electron chi connectivity index (χ0n) is 9.06. The Labute approximate surface area is 107 Å². The van der Waals surface area contributed by atoms with Gasteiger partial charge in [0, 0.05) is 28.2 Å². The normalized spacial score (nSPS) is 10.9. The molecule has 0 saturated carbocycles. The molecule has 0 bridgehead atoms. The number of carbonyl (C=O) groups is 1. The number of hydrogen-bond donors (Lipinski definition) is 2. The van der Waals surface area contributed by atoms with Crippen molar-refractivity contribution in [2.45, 2.75) is 19.6 Å². The van der Waals surface area contributed by atoms with Crippen molar-refractivity contribution in [3.05, 3.63) is 34.4 Å². The van der Waals surface area contributed by atoms with Crippen LogP contribution in [0.15, 0.2) is 28.9 Å². The van der Waals surface area contributed by atoms with E-state index in [1.54, 1.807) is 6.20 Å². The van der Waals surface area contributed by atoms with Crippen LogP contribution in [0.5, 0.6) is 0 Å². The third-order valence-corrected chi connectivity index (χ3v) is 3.31. The van der Waals surface area contributed by atoms with Crippen LogP contribution in [0, 0.1) is 0 Å². The third-order valence-electron chi connectivity index (χ3n) is 2.67. The molecule has 0 fully saturated rings. The summed E-state index contributed by atoms with van der Waals surface area (Å²) in [7, 11) is 0. The Hall–Kier alpha value is -1.33. The van der Waals surface area contributed by atoms with Crippen molar-refractivity contribution in [3.63, 3.8) is 0 Å². The highest BCUT2D eigenvalue weighted by Gasteiger charge is 2.11. The molecule has 1 aromatic carbocycles. The fraction of sp³-hybridized carbons (Fsp3) is 0.250. The summed E-state index contributed by atoms with van der Waals surface area (Å²) in [4.78, 5) is 10.6. The summed E-state index contributed by atoms with van der Waals surface area (Å²) in [5, 5.41) is 18.9. The van der Waals surface area contributed by atoms with Gasteiger partial charge in [-0.15, -0.1) is 0 Å². The fourth-order valence-electron chi connectivity index (χ4n) is 1.91. The number of aliphatic carboxylic acids is 1. The maximum Gasteiger partial charge on any atom is 0.305 e. The Morgan fingerprint density at radius 2 is 2.18 bits per heavy atom. The molecule has 0 radical (unpaired) electrons. The van der Waals surface area contributed by atoms with Crippen LogP contribution in [-0.4, -0.2) is 20.7 Å². The maximum absolute atomic E-state index is 10.6. The monoisotopic (exact) mass is 297 g/mol. The number of para-hydroxylation sites is 1. The van der Waals surface area contributed by atoms with Crippen molar-refractivity contribution in [3.8, 4) is 0 Å². The average Bonchev–Trinajstić information content (AvgIpc) is 2.66.